The van der Waals surface area contributed by atoms with Crippen molar-refractivity contribution in [3.8, 4) is 5.75 Å². The molecule has 0 spiro atoms. The first-order chi connectivity index (χ1) is 14.8. The number of rotatable bonds is 7. The van der Waals surface area contributed by atoms with Crippen LogP contribution in [0.15, 0.2) is 51.7 Å². The highest BCUT2D eigenvalue weighted by Gasteiger charge is 2.17. The first-order valence-corrected chi connectivity index (χ1v) is 9.63. The third-order valence-corrected chi connectivity index (χ3v) is 4.61. The van der Waals surface area contributed by atoms with Crippen molar-refractivity contribution in [2.45, 2.75) is 26.7 Å². The summed E-state index contributed by atoms with van der Waals surface area (Å²) in [4.78, 5) is 47.1. The zero-order chi connectivity index (χ0) is 22.5. The number of unbranched alkanes of at least 4 members (excludes halogenated alkanes) is 1. The van der Waals surface area contributed by atoms with Gasteiger partial charge in [-0.1, -0.05) is 13.3 Å². The van der Waals surface area contributed by atoms with E-state index >= 15 is 0 Å². The average molecular weight is 424 g/mol. The summed E-state index contributed by atoms with van der Waals surface area (Å²) in [7, 11) is 0. The normalized spacial score (nSPS) is 10.6. The minimum absolute atomic E-state index is 0.0986. The van der Waals surface area contributed by atoms with Crippen LogP contribution in [0.2, 0.25) is 0 Å². The standard InChI is InChI=1S/C22H20N2O7/c1-3-4-9-23-20(25)17-11-14-5-7-16(12-19(14)31-22(17)27)30-21(26)15-6-8-18(24(28)29)13(2)10-15/h5-8,10-12H,3-4,9H2,1-2H3,(H,23,25). The second-order valence-electron chi connectivity index (χ2n) is 6.90. The van der Waals surface area contributed by atoms with Crippen molar-refractivity contribution in [3.63, 3.8) is 0 Å². The van der Waals surface area contributed by atoms with E-state index < -0.39 is 22.4 Å². The molecule has 160 valence electrons. The minimum Gasteiger partial charge on any atom is -0.423 e. The van der Waals surface area contributed by atoms with Crippen LogP contribution in [-0.4, -0.2) is 23.3 Å². The first kappa shape index (κ1) is 21.7. The number of fused-ring (bicyclic) bond motifs is 1. The average Bonchev–Trinajstić information content (AvgIpc) is 2.72. The molecule has 1 N–H and O–H groups in total. The van der Waals surface area contributed by atoms with E-state index in [1.54, 1.807) is 6.07 Å². The summed E-state index contributed by atoms with van der Waals surface area (Å²) in [5.41, 5.74) is -0.373. The van der Waals surface area contributed by atoms with Crippen LogP contribution in [0.25, 0.3) is 11.0 Å². The fraction of sp³-hybridized carbons (Fsp3) is 0.227. The quantitative estimate of drug-likeness (QED) is 0.153. The molecule has 0 aliphatic rings. The summed E-state index contributed by atoms with van der Waals surface area (Å²) in [5, 5.41) is 14.1. The minimum atomic E-state index is -0.795. The van der Waals surface area contributed by atoms with Crippen LogP contribution >= 0.6 is 0 Å². The number of amides is 1. The van der Waals surface area contributed by atoms with Crippen LogP contribution in [0.1, 0.15) is 46.0 Å². The van der Waals surface area contributed by atoms with Gasteiger partial charge >= 0.3 is 11.6 Å². The molecule has 0 fully saturated rings. The first-order valence-electron chi connectivity index (χ1n) is 9.63. The summed E-state index contributed by atoms with van der Waals surface area (Å²) in [6, 6.07) is 9.75. The van der Waals surface area contributed by atoms with Crippen molar-refractivity contribution in [1.29, 1.82) is 0 Å². The van der Waals surface area contributed by atoms with Gasteiger partial charge in [-0.3, -0.25) is 14.9 Å². The predicted molar refractivity (Wildman–Crippen MR) is 113 cm³/mol. The highest BCUT2D eigenvalue weighted by molar-refractivity contribution is 5.97. The van der Waals surface area contributed by atoms with Gasteiger partial charge in [-0.25, -0.2) is 9.59 Å². The van der Waals surface area contributed by atoms with E-state index in [9.17, 15) is 24.5 Å². The molecule has 0 unspecified atom stereocenters. The zero-order valence-corrected chi connectivity index (χ0v) is 17.0. The van der Waals surface area contributed by atoms with Crippen LogP contribution in [0, 0.1) is 17.0 Å². The van der Waals surface area contributed by atoms with E-state index in [0.29, 0.717) is 17.5 Å². The molecule has 0 aliphatic heterocycles. The molecule has 9 heteroatoms. The molecule has 31 heavy (non-hydrogen) atoms. The highest BCUT2D eigenvalue weighted by atomic mass is 16.6. The number of carbonyl (C=O) groups excluding carboxylic acids is 2. The van der Waals surface area contributed by atoms with Crippen molar-refractivity contribution < 1.29 is 23.7 Å². The second-order valence-corrected chi connectivity index (χ2v) is 6.90. The van der Waals surface area contributed by atoms with Crippen molar-refractivity contribution in [2.24, 2.45) is 0 Å². The molecule has 0 bridgehead atoms. The zero-order valence-electron chi connectivity index (χ0n) is 17.0. The molecule has 1 amide bonds. The fourth-order valence-corrected chi connectivity index (χ4v) is 2.94. The molecule has 0 saturated carbocycles. The lowest BCUT2D eigenvalue weighted by atomic mass is 10.1. The Morgan fingerprint density at radius 3 is 2.61 bits per heavy atom. The lowest BCUT2D eigenvalue weighted by Gasteiger charge is -2.07. The third kappa shape index (κ3) is 4.95. The van der Waals surface area contributed by atoms with E-state index in [1.807, 2.05) is 6.92 Å². The van der Waals surface area contributed by atoms with Crippen molar-refractivity contribution in [1.82, 2.24) is 5.32 Å². The summed E-state index contributed by atoms with van der Waals surface area (Å²) < 4.78 is 10.5. The predicted octanol–water partition coefficient (Wildman–Crippen LogP) is 3.76. The second kappa shape index (κ2) is 9.21. The Labute approximate surface area is 176 Å². The van der Waals surface area contributed by atoms with Gasteiger partial charge in [0.15, 0.2) is 0 Å². The molecule has 2 aromatic carbocycles. The third-order valence-electron chi connectivity index (χ3n) is 4.61. The number of nitro groups is 1. The number of esters is 1. The van der Waals surface area contributed by atoms with Crippen LogP contribution < -0.4 is 15.7 Å². The van der Waals surface area contributed by atoms with Gasteiger partial charge in [-0.15, -0.1) is 0 Å². The van der Waals surface area contributed by atoms with Crippen LogP contribution in [0.4, 0.5) is 5.69 Å². The van der Waals surface area contributed by atoms with E-state index in [1.165, 1.54) is 43.3 Å². The Kier molecular flexibility index (Phi) is 6.44. The van der Waals surface area contributed by atoms with E-state index in [2.05, 4.69) is 5.32 Å². The van der Waals surface area contributed by atoms with Gasteiger partial charge in [0, 0.05) is 29.6 Å². The maximum atomic E-state index is 12.4. The molecular weight excluding hydrogens is 404 g/mol. The number of ether oxygens (including phenoxy) is 1. The Hall–Kier alpha value is -4.01. The molecule has 0 radical (unpaired) electrons. The van der Waals surface area contributed by atoms with Crippen molar-refractivity contribution in [2.75, 3.05) is 6.54 Å². The number of benzene rings is 2. The number of hydrogen-bond donors (Lipinski definition) is 1. The molecule has 3 aromatic rings. The Morgan fingerprint density at radius 1 is 1.16 bits per heavy atom. The number of hydrogen-bond acceptors (Lipinski definition) is 7. The van der Waals surface area contributed by atoms with Gasteiger partial charge < -0.3 is 14.5 Å². The fourth-order valence-electron chi connectivity index (χ4n) is 2.94. The summed E-state index contributed by atoms with van der Waals surface area (Å²) in [6.45, 7) is 3.98. The van der Waals surface area contributed by atoms with E-state index in [4.69, 9.17) is 9.15 Å². The van der Waals surface area contributed by atoms with Crippen molar-refractivity contribution in [3.05, 3.63) is 79.7 Å². The molecule has 0 atom stereocenters. The lowest BCUT2D eigenvalue weighted by molar-refractivity contribution is -0.385. The Balaban J connectivity index is 1.81. The Bertz CT molecular complexity index is 1230. The van der Waals surface area contributed by atoms with Gasteiger partial charge in [0.05, 0.1) is 10.5 Å². The van der Waals surface area contributed by atoms with E-state index in [0.717, 1.165) is 12.8 Å². The maximum Gasteiger partial charge on any atom is 0.349 e. The monoisotopic (exact) mass is 424 g/mol. The number of nitrogens with one attached hydrogen (secondary N) is 1. The molecule has 0 aliphatic carbocycles. The topological polar surface area (TPSA) is 129 Å². The molecule has 1 heterocycles. The number of aryl methyl sites for hydroxylation is 1. The number of carbonyl (C=O) groups is 2. The molecule has 1 aromatic heterocycles. The van der Waals surface area contributed by atoms with Gasteiger partial charge in [0.1, 0.15) is 16.9 Å². The van der Waals surface area contributed by atoms with Gasteiger partial charge in [-0.2, -0.15) is 0 Å². The van der Waals surface area contributed by atoms with Crippen LogP contribution in [-0.2, 0) is 0 Å². The number of nitro benzene ring substituents is 1. The molecule has 3 rings (SSSR count). The van der Waals surface area contributed by atoms with Crippen LogP contribution in [0.5, 0.6) is 5.75 Å². The lowest BCUT2D eigenvalue weighted by Crippen LogP contribution is -2.28. The van der Waals surface area contributed by atoms with Crippen molar-refractivity contribution >= 4 is 28.5 Å². The molecule has 9 nitrogen and oxygen atoms in total. The van der Waals surface area contributed by atoms with Gasteiger partial charge in [0.2, 0.25) is 0 Å². The SMILES string of the molecule is CCCCNC(=O)c1cc2ccc(OC(=O)c3ccc([N+](=O)[O-])c(C)c3)cc2oc1=O. The van der Waals surface area contributed by atoms with Crippen LogP contribution in [0.3, 0.4) is 0 Å². The van der Waals surface area contributed by atoms with Gasteiger partial charge in [0.25, 0.3) is 11.6 Å². The summed E-state index contributed by atoms with van der Waals surface area (Å²) >= 11 is 0. The molecular formula is C22H20N2O7. The highest BCUT2D eigenvalue weighted by Crippen LogP contribution is 2.23. The molecule has 0 saturated heterocycles. The van der Waals surface area contributed by atoms with E-state index in [-0.39, 0.29) is 28.1 Å². The number of nitrogens with zero attached hydrogens (tertiary/aromatic N) is 1. The largest absolute Gasteiger partial charge is 0.423 e. The Morgan fingerprint density at radius 2 is 1.94 bits per heavy atom. The summed E-state index contributed by atoms with van der Waals surface area (Å²) in [5.74, 6) is -1.10. The van der Waals surface area contributed by atoms with Gasteiger partial charge in [-0.05, 0) is 43.7 Å². The smallest absolute Gasteiger partial charge is 0.349 e. The maximum absolute atomic E-state index is 12.4. The summed E-state index contributed by atoms with van der Waals surface area (Å²) in [6.07, 6.45) is 1.71.